The fraction of sp³-hybridized carbons (Fsp3) is 0.462. The maximum Gasteiger partial charge on any atom is 0.225 e. The van der Waals surface area contributed by atoms with Gasteiger partial charge >= 0.3 is 0 Å². The molecule has 0 aromatic heterocycles. The molecule has 2 N–H and O–H groups in total. The van der Waals surface area contributed by atoms with Crippen LogP contribution in [0.3, 0.4) is 0 Å². The molecule has 0 bridgehead atoms. The lowest BCUT2D eigenvalue weighted by Gasteiger charge is -2.26. The fourth-order valence-electron chi connectivity index (χ4n) is 2.00. The maximum absolute atomic E-state index is 11.9. The van der Waals surface area contributed by atoms with Gasteiger partial charge in [-0.1, -0.05) is 23.2 Å². The third-order valence-electron chi connectivity index (χ3n) is 3.07. The molecular formula is C13H17Cl2N3O. The largest absolute Gasteiger partial charge is 0.325 e. The highest BCUT2D eigenvalue weighted by molar-refractivity contribution is 6.35. The molecule has 0 saturated carbocycles. The van der Waals surface area contributed by atoms with Crippen molar-refractivity contribution < 1.29 is 4.79 Å². The fourth-order valence-corrected chi connectivity index (χ4v) is 2.34. The third kappa shape index (κ3) is 4.66. The molecule has 1 aromatic rings. The lowest BCUT2D eigenvalue weighted by atomic mass is 10.3. The first kappa shape index (κ1) is 14.6. The number of amides is 1. The van der Waals surface area contributed by atoms with Crippen molar-refractivity contribution in [3.05, 3.63) is 28.2 Å². The first-order chi connectivity index (χ1) is 9.15. The average Bonchev–Trinajstić information content (AvgIpc) is 2.42. The van der Waals surface area contributed by atoms with Gasteiger partial charge in [-0.15, -0.1) is 0 Å². The predicted molar refractivity (Wildman–Crippen MR) is 79.0 cm³/mol. The number of hydrogen-bond donors (Lipinski definition) is 2. The molecule has 1 amide bonds. The van der Waals surface area contributed by atoms with Crippen LogP contribution in [0.15, 0.2) is 18.2 Å². The first-order valence-electron chi connectivity index (χ1n) is 6.33. The Morgan fingerprint density at radius 3 is 2.79 bits per heavy atom. The SMILES string of the molecule is O=C(CCN1CCNCC1)Nc1cc(Cl)ccc1Cl. The highest BCUT2D eigenvalue weighted by Crippen LogP contribution is 2.25. The number of nitrogens with zero attached hydrogens (tertiary/aromatic N) is 1. The van der Waals surface area contributed by atoms with Crippen LogP contribution in [0.4, 0.5) is 5.69 Å². The van der Waals surface area contributed by atoms with E-state index in [1.807, 2.05) is 0 Å². The van der Waals surface area contributed by atoms with Gasteiger partial charge in [0.2, 0.25) is 5.91 Å². The number of benzene rings is 1. The Bertz CT molecular complexity index is 448. The van der Waals surface area contributed by atoms with Crippen molar-refractivity contribution in [2.24, 2.45) is 0 Å². The Hall–Kier alpha value is -0.810. The number of anilines is 1. The van der Waals surface area contributed by atoms with E-state index in [0.717, 1.165) is 32.7 Å². The molecule has 19 heavy (non-hydrogen) atoms. The predicted octanol–water partition coefficient (Wildman–Crippen LogP) is 2.23. The van der Waals surface area contributed by atoms with Crippen LogP contribution in [0.25, 0.3) is 0 Å². The highest BCUT2D eigenvalue weighted by Gasteiger charge is 2.12. The van der Waals surface area contributed by atoms with Gasteiger partial charge in [0.15, 0.2) is 0 Å². The Kier molecular flexibility index (Phi) is 5.45. The topological polar surface area (TPSA) is 44.4 Å². The van der Waals surface area contributed by atoms with Crippen molar-refractivity contribution in [2.45, 2.75) is 6.42 Å². The summed E-state index contributed by atoms with van der Waals surface area (Å²) < 4.78 is 0. The van der Waals surface area contributed by atoms with E-state index < -0.39 is 0 Å². The summed E-state index contributed by atoms with van der Waals surface area (Å²) in [6.45, 7) is 4.73. The maximum atomic E-state index is 11.9. The Balaban J connectivity index is 1.81. The van der Waals surface area contributed by atoms with Crippen LogP contribution in [-0.4, -0.2) is 43.5 Å². The number of nitrogens with one attached hydrogen (secondary N) is 2. The van der Waals surface area contributed by atoms with Crippen molar-refractivity contribution >= 4 is 34.8 Å². The molecule has 2 rings (SSSR count). The normalized spacial score (nSPS) is 16.3. The van der Waals surface area contributed by atoms with Crippen molar-refractivity contribution in [1.29, 1.82) is 0 Å². The van der Waals surface area contributed by atoms with Gasteiger partial charge in [0, 0.05) is 44.2 Å². The van der Waals surface area contributed by atoms with E-state index in [4.69, 9.17) is 23.2 Å². The summed E-state index contributed by atoms with van der Waals surface area (Å²) in [6, 6.07) is 5.03. The van der Waals surface area contributed by atoms with Gasteiger partial charge in [-0.05, 0) is 18.2 Å². The molecule has 0 radical (unpaired) electrons. The van der Waals surface area contributed by atoms with Crippen LogP contribution in [0.2, 0.25) is 10.0 Å². The van der Waals surface area contributed by atoms with Crippen LogP contribution in [0.1, 0.15) is 6.42 Å². The van der Waals surface area contributed by atoms with E-state index in [1.54, 1.807) is 18.2 Å². The second-order valence-corrected chi connectivity index (χ2v) is 5.36. The van der Waals surface area contributed by atoms with Crippen LogP contribution in [0, 0.1) is 0 Å². The molecule has 104 valence electrons. The van der Waals surface area contributed by atoms with Gasteiger partial charge in [-0.3, -0.25) is 4.79 Å². The van der Waals surface area contributed by atoms with Gasteiger partial charge in [0.25, 0.3) is 0 Å². The number of rotatable bonds is 4. The molecule has 1 aliphatic heterocycles. The van der Waals surface area contributed by atoms with Gasteiger partial charge in [-0.25, -0.2) is 0 Å². The molecule has 1 heterocycles. The molecule has 1 fully saturated rings. The monoisotopic (exact) mass is 301 g/mol. The summed E-state index contributed by atoms with van der Waals surface area (Å²) >= 11 is 11.9. The van der Waals surface area contributed by atoms with Crippen molar-refractivity contribution in [1.82, 2.24) is 10.2 Å². The van der Waals surface area contributed by atoms with E-state index in [1.165, 1.54) is 0 Å². The molecule has 6 heteroatoms. The van der Waals surface area contributed by atoms with E-state index in [0.29, 0.717) is 22.2 Å². The molecule has 1 aromatic carbocycles. The molecular weight excluding hydrogens is 285 g/mol. The Labute approximate surface area is 123 Å². The zero-order chi connectivity index (χ0) is 13.7. The molecule has 0 spiro atoms. The molecule has 1 aliphatic rings. The summed E-state index contributed by atoms with van der Waals surface area (Å²) in [4.78, 5) is 14.1. The van der Waals surface area contributed by atoms with E-state index in [2.05, 4.69) is 15.5 Å². The lowest BCUT2D eigenvalue weighted by Crippen LogP contribution is -2.44. The second-order valence-electron chi connectivity index (χ2n) is 4.51. The summed E-state index contributed by atoms with van der Waals surface area (Å²) in [6.07, 6.45) is 0.461. The van der Waals surface area contributed by atoms with Gasteiger partial charge in [0.05, 0.1) is 10.7 Å². The highest BCUT2D eigenvalue weighted by atomic mass is 35.5. The van der Waals surface area contributed by atoms with E-state index in [9.17, 15) is 4.79 Å². The average molecular weight is 302 g/mol. The number of halogens is 2. The molecule has 0 unspecified atom stereocenters. The Morgan fingerprint density at radius 2 is 2.05 bits per heavy atom. The van der Waals surface area contributed by atoms with Crippen LogP contribution in [-0.2, 0) is 4.79 Å². The summed E-state index contributed by atoms with van der Waals surface area (Å²) in [7, 11) is 0. The van der Waals surface area contributed by atoms with Crippen molar-refractivity contribution in [3.63, 3.8) is 0 Å². The zero-order valence-electron chi connectivity index (χ0n) is 10.6. The van der Waals surface area contributed by atoms with Crippen molar-refractivity contribution in [2.75, 3.05) is 38.0 Å². The minimum absolute atomic E-state index is 0.0392. The van der Waals surface area contributed by atoms with Gasteiger partial charge < -0.3 is 15.5 Å². The Morgan fingerprint density at radius 1 is 1.32 bits per heavy atom. The van der Waals surface area contributed by atoms with Crippen molar-refractivity contribution in [3.8, 4) is 0 Å². The number of hydrogen-bond acceptors (Lipinski definition) is 3. The molecule has 4 nitrogen and oxygen atoms in total. The number of carbonyl (C=O) groups is 1. The summed E-state index contributed by atoms with van der Waals surface area (Å²) in [5, 5.41) is 7.13. The molecule has 0 atom stereocenters. The minimum Gasteiger partial charge on any atom is -0.325 e. The van der Waals surface area contributed by atoms with Crippen LogP contribution in [0.5, 0.6) is 0 Å². The van der Waals surface area contributed by atoms with Crippen LogP contribution >= 0.6 is 23.2 Å². The first-order valence-corrected chi connectivity index (χ1v) is 7.09. The molecule has 0 aliphatic carbocycles. The van der Waals surface area contributed by atoms with E-state index >= 15 is 0 Å². The van der Waals surface area contributed by atoms with Gasteiger partial charge in [-0.2, -0.15) is 0 Å². The lowest BCUT2D eigenvalue weighted by molar-refractivity contribution is -0.116. The standard InChI is InChI=1S/C13H17Cl2N3O/c14-10-1-2-11(15)12(9-10)17-13(19)3-6-18-7-4-16-5-8-18/h1-2,9,16H,3-8H2,(H,17,19). The smallest absolute Gasteiger partial charge is 0.225 e. The minimum atomic E-state index is -0.0392. The second kappa shape index (κ2) is 7.10. The van der Waals surface area contributed by atoms with Gasteiger partial charge in [0.1, 0.15) is 0 Å². The molecule has 1 saturated heterocycles. The third-order valence-corrected chi connectivity index (χ3v) is 3.63. The number of piperazine rings is 1. The van der Waals surface area contributed by atoms with Crippen LogP contribution < -0.4 is 10.6 Å². The summed E-state index contributed by atoms with van der Waals surface area (Å²) in [5.74, 6) is -0.0392. The number of carbonyl (C=O) groups excluding carboxylic acids is 1. The quantitative estimate of drug-likeness (QED) is 0.896. The van der Waals surface area contributed by atoms with E-state index in [-0.39, 0.29) is 5.91 Å². The summed E-state index contributed by atoms with van der Waals surface area (Å²) in [5.41, 5.74) is 0.569. The zero-order valence-corrected chi connectivity index (χ0v) is 12.1.